The summed E-state index contributed by atoms with van der Waals surface area (Å²) in [4.78, 5) is 2.21. The van der Waals surface area contributed by atoms with Gasteiger partial charge in [0.25, 0.3) is 0 Å². The number of benzene rings is 5. The van der Waals surface area contributed by atoms with Gasteiger partial charge in [-0.15, -0.1) is 0 Å². The van der Waals surface area contributed by atoms with Crippen molar-refractivity contribution in [2.24, 2.45) is 0 Å². The Labute approximate surface area is 230 Å². The number of hydrogen-bond acceptors (Lipinski definition) is 4. The van der Waals surface area contributed by atoms with Crippen LogP contribution < -0.4 is 19.1 Å². The minimum Gasteiger partial charge on any atom is -0.473 e. The highest BCUT2D eigenvalue weighted by atomic mass is 16.5. The van der Waals surface area contributed by atoms with Crippen LogP contribution in [0.4, 0.5) is 5.69 Å². The Morgan fingerprint density at radius 2 is 1.05 bits per heavy atom. The molecule has 1 aliphatic rings. The molecule has 0 amide bonds. The van der Waals surface area contributed by atoms with Crippen LogP contribution in [0.25, 0.3) is 0 Å². The molecule has 0 atom stereocenters. The number of para-hydroxylation sites is 2. The molecule has 5 aromatic rings. The van der Waals surface area contributed by atoms with Gasteiger partial charge in [-0.1, -0.05) is 74.5 Å². The highest BCUT2D eigenvalue weighted by Gasteiger charge is 2.23. The topological polar surface area (TPSA) is 30.9 Å². The first-order chi connectivity index (χ1) is 19.0. The zero-order valence-electron chi connectivity index (χ0n) is 22.2. The van der Waals surface area contributed by atoms with Gasteiger partial charge in [-0.3, -0.25) is 0 Å². The summed E-state index contributed by atoms with van der Waals surface area (Å²) in [6, 6.07) is 42.9. The monoisotopic (exact) mass is 513 g/mol. The molecule has 0 radical (unpaired) electrons. The summed E-state index contributed by atoms with van der Waals surface area (Å²) >= 11 is 0. The van der Waals surface area contributed by atoms with Gasteiger partial charge in [-0.25, -0.2) is 0 Å². The average Bonchev–Trinajstić information content (AvgIpc) is 2.98. The van der Waals surface area contributed by atoms with E-state index < -0.39 is 0 Å². The van der Waals surface area contributed by atoms with Crippen LogP contribution in [0.1, 0.15) is 30.5 Å². The first-order valence-corrected chi connectivity index (χ1v) is 13.2. The van der Waals surface area contributed by atoms with Crippen molar-refractivity contribution in [3.8, 4) is 28.7 Å². The Morgan fingerprint density at radius 3 is 1.64 bits per heavy atom. The van der Waals surface area contributed by atoms with Gasteiger partial charge in [-0.2, -0.15) is 0 Å². The van der Waals surface area contributed by atoms with Gasteiger partial charge in [0.05, 0.1) is 0 Å². The number of rotatable bonds is 7. The predicted molar refractivity (Wildman–Crippen MR) is 156 cm³/mol. The Balaban J connectivity index is 1.09. The summed E-state index contributed by atoms with van der Waals surface area (Å²) in [6.07, 6.45) is 0. The lowest BCUT2D eigenvalue weighted by molar-refractivity contribution is 0.289. The fraction of sp³-hybridized carbons (Fsp3) is 0.143. The van der Waals surface area contributed by atoms with Crippen molar-refractivity contribution in [2.75, 3.05) is 11.6 Å². The molecular weight excluding hydrogens is 482 g/mol. The number of ether oxygens (including phenoxy) is 3. The summed E-state index contributed by atoms with van der Waals surface area (Å²) in [5, 5.41) is 0. The first kappa shape index (κ1) is 24.6. The van der Waals surface area contributed by atoms with Crippen molar-refractivity contribution in [3.63, 3.8) is 0 Å². The van der Waals surface area contributed by atoms with Crippen molar-refractivity contribution in [1.82, 2.24) is 0 Å². The highest BCUT2D eigenvalue weighted by molar-refractivity contribution is 5.52. The van der Waals surface area contributed by atoms with Crippen LogP contribution >= 0.6 is 0 Å². The van der Waals surface area contributed by atoms with Crippen molar-refractivity contribution in [2.45, 2.75) is 25.8 Å². The molecule has 39 heavy (non-hydrogen) atoms. The number of anilines is 1. The van der Waals surface area contributed by atoms with E-state index >= 15 is 0 Å². The van der Waals surface area contributed by atoms with E-state index in [0.717, 1.165) is 41.0 Å². The van der Waals surface area contributed by atoms with Gasteiger partial charge in [0.1, 0.15) is 28.7 Å². The molecule has 0 saturated heterocycles. The van der Waals surface area contributed by atoms with Gasteiger partial charge < -0.3 is 19.1 Å². The maximum Gasteiger partial charge on any atom is 0.161 e. The van der Waals surface area contributed by atoms with Crippen LogP contribution in [0.2, 0.25) is 0 Å². The van der Waals surface area contributed by atoms with E-state index in [9.17, 15) is 0 Å². The first-order valence-electron chi connectivity index (χ1n) is 13.2. The van der Waals surface area contributed by atoms with Crippen LogP contribution in [-0.4, -0.2) is 6.73 Å². The van der Waals surface area contributed by atoms with E-state index in [1.54, 1.807) is 0 Å². The minimum atomic E-state index is -0.166. The largest absolute Gasteiger partial charge is 0.473 e. The third kappa shape index (κ3) is 5.46. The van der Waals surface area contributed by atoms with Gasteiger partial charge in [-0.05, 0) is 77.9 Å². The second-order valence-electron chi connectivity index (χ2n) is 10.3. The molecule has 4 heteroatoms. The molecule has 194 valence electrons. The second kappa shape index (κ2) is 10.6. The molecule has 0 aliphatic carbocycles. The molecule has 4 nitrogen and oxygen atoms in total. The summed E-state index contributed by atoms with van der Waals surface area (Å²) in [5.74, 6) is 4.24. The van der Waals surface area contributed by atoms with E-state index in [-0.39, 0.29) is 5.41 Å². The lowest BCUT2D eigenvalue weighted by atomic mass is 9.78. The van der Waals surface area contributed by atoms with Gasteiger partial charge in [0, 0.05) is 23.2 Å². The number of fused-ring (bicyclic) bond motifs is 1. The molecule has 6 rings (SSSR count). The van der Waals surface area contributed by atoms with Crippen molar-refractivity contribution < 1.29 is 14.2 Å². The van der Waals surface area contributed by atoms with E-state index in [1.165, 1.54) is 16.7 Å². The lowest BCUT2D eigenvalue weighted by Gasteiger charge is -2.30. The average molecular weight is 514 g/mol. The van der Waals surface area contributed by atoms with Gasteiger partial charge in [0.2, 0.25) is 0 Å². The third-order valence-corrected chi connectivity index (χ3v) is 7.28. The second-order valence-corrected chi connectivity index (χ2v) is 10.3. The SMILES string of the molecule is CC(C)(c1ccc(Oc2ccccc2)cc1)c1ccc(Oc2ccc(N3COc4ccccc4C3)cc2)cc1. The van der Waals surface area contributed by atoms with Crippen molar-refractivity contribution >= 4 is 5.69 Å². The molecule has 0 N–H and O–H groups in total. The van der Waals surface area contributed by atoms with Crippen LogP contribution in [0, 0.1) is 0 Å². The zero-order valence-corrected chi connectivity index (χ0v) is 22.2. The molecule has 0 unspecified atom stereocenters. The lowest BCUT2D eigenvalue weighted by Crippen LogP contribution is -2.31. The van der Waals surface area contributed by atoms with Crippen LogP contribution in [0.5, 0.6) is 28.7 Å². The zero-order chi connectivity index (χ0) is 26.7. The molecule has 5 aromatic carbocycles. The summed E-state index contributed by atoms with van der Waals surface area (Å²) in [6.45, 7) is 5.84. The van der Waals surface area contributed by atoms with Gasteiger partial charge in [0.15, 0.2) is 6.73 Å². The Kier molecular flexibility index (Phi) is 6.68. The molecule has 0 saturated carbocycles. The Hall–Kier alpha value is -4.70. The molecule has 0 fully saturated rings. The Bertz CT molecular complexity index is 1530. The molecule has 1 aliphatic heterocycles. The predicted octanol–water partition coefficient (Wildman–Crippen LogP) is 8.95. The van der Waals surface area contributed by atoms with Crippen molar-refractivity contribution in [1.29, 1.82) is 0 Å². The quantitative estimate of drug-likeness (QED) is 0.217. The standard InChI is InChI=1S/C35H31NO3/c1-35(2,27-12-18-31(19-13-27)38-30-9-4-3-5-10-30)28-14-20-32(21-15-28)39-33-22-16-29(17-23-33)36-24-26-8-6-7-11-34(26)37-25-36/h3-23H,24-25H2,1-2H3. The molecule has 0 spiro atoms. The fourth-order valence-corrected chi connectivity index (χ4v) is 4.87. The number of hydrogen-bond donors (Lipinski definition) is 0. The van der Waals surface area contributed by atoms with E-state index in [1.807, 2.05) is 84.9 Å². The van der Waals surface area contributed by atoms with E-state index in [0.29, 0.717) is 6.73 Å². The van der Waals surface area contributed by atoms with Crippen LogP contribution in [0.15, 0.2) is 127 Å². The highest BCUT2D eigenvalue weighted by Crippen LogP contribution is 2.35. The smallest absolute Gasteiger partial charge is 0.161 e. The molecular formula is C35H31NO3. The maximum absolute atomic E-state index is 6.16. The van der Waals surface area contributed by atoms with E-state index in [4.69, 9.17) is 14.2 Å². The van der Waals surface area contributed by atoms with Crippen molar-refractivity contribution in [3.05, 3.63) is 144 Å². The van der Waals surface area contributed by atoms with E-state index in [2.05, 4.69) is 61.2 Å². The summed E-state index contributed by atoms with van der Waals surface area (Å²) < 4.78 is 18.0. The maximum atomic E-state index is 6.16. The fourth-order valence-electron chi connectivity index (χ4n) is 4.87. The summed E-state index contributed by atoms with van der Waals surface area (Å²) in [7, 11) is 0. The molecule has 0 bridgehead atoms. The normalized spacial score (nSPS) is 12.8. The Morgan fingerprint density at radius 1 is 0.564 bits per heavy atom. The molecule has 1 heterocycles. The van der Waals surface area contributed by atoms with Gasteiger partial charge >= 0.3 is 0 Å². The minimum absolute atomic E-state index is 0.166. The summed E-state index contributed by atoms with van der Waals surface area (Å²) in [5.41, 5.74) is 4.57. The van der Waals surface area contributed by atoms with Crippen LogP contribution in [0.3, 0.4) is 0 Å². The number of nitrogens with zero attached hydrogens (tertiary/aromatic N) is 1. The third-order valence-electron chi connectivity index (χ3n) is 7.28. The molecule has 0 aromatic heterocycles. The van der Waals surface area contributed by atoms with Crippen LogP contribution in [-0.2, 0) is 12.0 Å².